The molecule has 1 saturated heterocycles. The van der Waals surface area contributed by atoms with Crippen molar-refractivity contribution in [1.29, 1.82) is 0 Å². The molecule has 0 amide bonds. The Bertz CT molecular complexity index is 479. The van der Waals surface area contributed by atoms with Gasteiger partial charge in [-0.1, -0.05) is 63.3 Å². The molecule has 1 N–H and O–H groups in total. The Balaban J connectivity index is 2.18. The number of rotatable bonds is 7. The predicted octanol–water partition coefficient (Wildman–Crippen LogP) is 3.75. The first-order valence-corrected chi connectivity index (χ1v) is 8.42. The Hall–Kier alpha value is -1.29. The number of ether oxygens (including phenoxy) is 1. The maximum absolute atomic E-state index is 12.5. The number of carbonyl (C=O) groups is 1. The lowest BCUT2D eigenvalue weighted by atomic mass is 9.72. The second-order valence-corrected chi connectivity index (χ2v) is 6.41. The number of benzene rings is 1. The highest BCUT2D eigenvalue weighted by atomic mass is 16.6. The van der Waals surface area contributed by atoms with Crippen molar-refractivity contribution in [2.75, 3.05) is 0 Å². The third-order valence-corrected chi connectivity index (χ3v) is 4.46. The third kappa shape index (κ3) is 3.92. The molecule has 1 aliphatic heterocycles. The molecule has 22 heavy (non-hydrogen) atoms. The fraction of sp³-hybridized carbons (Fsp3) is 0.611. The number of esters is 1. The third-order valence-electron chi connectivity index (χ3n) is 4.46. The minimum Gasteiger partial charge on any atom is -0.460 e. The van der Waals surface area contributed by atoms with Crippen LogP contribution in [0.3, 0.4) is 0 Å². The number of cyclic esters (lactones) is 1. The van der Waals surface area contributed by atoms with Crippen LogP contribution in [0.2, 0.25) is 13.1 Å². The summed E-state index contributed by atoms with van der Waals surface area (Å²) in [5.41, 5.74) is 0.600. The maximum Gasteiger partial charge on any atom is 0.326 e. The van der Waals surface area contributed by atoms with Gasteiger partial charge in [-0.2, -0.15) is 0 Å². The molecule has 0 bridgehead atoms. The van der Waals surface area contributed by atoms with Crippen LogP contribution < -0.4 is 5.32 Å². The second kappa shape index (κ2) is 7.82. The molecule has 119 valence electrons. The molecule has 3 nitrogen and oxygen atoms in total. The molecule has 1 aromatic carbocycles. The fourth-order valence-electron chi connectivity index (χ4n) is 3.11. The predicted molar refractivity (Wildman–Crippen MR) is 91.2 cm³/mol. The first kappa shape index (κ1) is 17.1. The van der Waals surface area contributed by atoms with Crippen molar-refractivity contribution in [2.45, 2.75) is 70.4 Å². The van der Waals surface area contributed by atoms with Crippen molar-refractivity contribution < 1.29 is 9.53 Å². The molecule has 1 aliphatic rings. The molecule has 1 heterocycles. The molecule has 4 heteroatoms. The Morgan fingerprint density at radius 2 is 2.00 bits per heavy atom. The summed E-state index contributed by atoms with van der Waals surface area (Å²) in [5.74, 6) is -0.109. The summed E-state index contributed by atoms with van der Waals surface area (Å²) in [6.45, 7) is 6.16. The van der Waals surface area contributed by atoms with Gasteiger partial charge in [0.25, 0.3) is 0 Å². The molecule has 0 aromatic heterocycles. The topological polar surface area (TPSA) is 38.3 Å². The minimum atomic E-state index is -0.583. The van der Waals surface area contributed by atoms with Crippen LogP contribution in [0.4, 0.5) is 0 Å². The van der Waals surface area contributed by atoms with Crippen LogP contribution in [0.1, 0.15) is 51.1 Å². The lowest BCUT2D eigenvalue weighted by Crippen LogP contribution is -2.60. The van der Waals surface area contributed by atoms with E-state index in [2.05, 4.69) is 31.7 Å². The van der Waals surface area contributed by atoms with Crippen LogP contribution in [0, 0.1) is 0 Å². The van der Waals surface area contributed by atoms with Crippen LogP contribution in [-0.4, -0.2) is 24.9 Å². The van der Waals surface area contributed by atoms with E-state index in [-0.39, 0.29) is 18.1 Å². The van der Waals surface area contributed by atoms with E-state index in [1.165, 1.54) is 5.56 Å². The van der Waals surface area contributed by atoms with Crippen LogP contribution >= 0.6 is 0 Å². The highest BCUT2D eigenvalue weighted by Gasteiger charge is 2.45. The molecule has 0 spiro atoms. The van der Waals surface area contributed by atoms with E-state index in [4.69, 9.17) is 4.74 Å². The lowest BCUT2D eigenvalue weighted by Gasteiger charge is -2.43. The summed E-state index contributed by atoms with van der Waals surface area (Å²) < 4.78 is 5.81. The van der Waals surface area contributed by atoms with Gasteiger partial charge in [0.05, 0.1) is 6.04 Å². The molecule has 1 radical (unpaired) electrons. The highest BCUT2D eigenvalue weighted by molar-refractivity contribution is 6.33. The van der Waals surface area contributed by atoms with Crippen LogP contribution in [0.25, 0.3) is 0 Å². The zero-order valence-corrected chi connectivity index (χ0v) is 14.0. The second-order valence-electron chi connectivity index (χ2n) is 6.41. The van der Waals surface area contributed by atoms with Gasteiger partial charge in [0.15, 0.2) is 0 Å². The van der Waals surface area contributed by atoms with Gasteiger partial charge < -0.3 is 4.74 Å². The van der Waals surface area contributed by atoms with E-state index in [0.29, 0.717) is 0 Å². The van der Waals surface area contributed by atoms with Gasteiger partial charge in [0, 0.05) is 0 Å². The highest BCUT2D eigenvalue weighted by Crippen LogP contribution is 2.33. The Morgan fingerprint density at radius 3 is 2.64 bits per heavy atom. The van der Waals surface area contributed by atoms with E-state index in [1.54, 1.807) is 0 Å². The van der Waals surface area contributed by atoms with Gasteiger partial charge >= 0.3 is 5.97 Å². The number of hydrogen-bond acceptors (Lipinski definition) is 3. The van der Waals surface area contributed by atoms with Crippen LogP contribution in [0.5, 0.6) is 0 Å². The Labute approximate surface area is 135 Å². The number of morpholine rings is 1. The van der Waals surface area contributed by atoms with E-state index in [0.717, 1.165) is 32.0 Å². The van der Waals surface area contributed by atoms with Crippen molar-refractivity contribution in [3.8, 4) is 0 Å². The largest absolute Gasteiger partial charge is 0.460 e. The number of nitrogens with one attached hydrogen (secondary N) is 1. The average molecular weight is 300 g/mol. The molecule has 3 atom stereocenters. The van der Waals surface area contributed by atoms with Crippen molar-refractivity contribution >= 4 is 13.2 Å². The van der Waals surface area contributed by atoms with E-state index < -0.39 is 5.54 Å². The van der Waals surface area contributed by atoms with Gasteiger partial charge in [0.1, 0.15) is 18.9 Å². The average Bonchev–Trinajstić information content (AvgIpc) is 2.52. The number of hydrogen-bond donors (Lipinski definition) is 1. The van der Waals surface area contributed by atoms with Crippen molar-refractivity contribution in [2.24, 2.45) is 0 Å². The standard InChI is InChI=1S/C18H27BNO2/c1-4-5-9-12-18(2)17(21)22-15(13-19-3)16(20-18)14-10-7-6-8-11-14/h6-8,10-11,15-16,20H,4-5,9,12-13H2,1-3H3/t15?,16-,18-/m1/s1. The van der Waals surface area contributed by atoms with Gasteiger partial charge in [-0.25, -0.2) is 0 Å². The lowest BCUT2D eigenvalue weighted by molar-refractivity contribution is -0.166. The SMILES string of the molecule is C[B]CC1OC(=O)[C@@](C)(CCCCC)N[C@@H]1c1ccccc1. The molecule has 1 unspecified atom stereocenters. The van der Waals surface area contributed by atoms with Crippen LogP contribution in [-0.2, 0) is 9.53 Å². The summed E-state index contributed by atoms with van der Waals surface area (Å²) in [6, 6.07) is 10.3. The molecule has 0 aliphatic carbocycles. The molecule has 1 fully saturated rings. The van der Waals surface area contributed by atoms with E-state index >= 15 is 0 Å². The Morgan fingerprint density at radius 1 is 1.27 bits per heavy atom. The van der Waals surface area contributed by atoms with E-state index in [1.807, 2.05) is 31.9 Å². The summed E-state index contributed by atoms with van der Waals surface area (Å²) >= 11 is 0. The van der Waals surface area contributed by atoms with Crippen molar-refractivity contribution in [3.63, 3.8) is 0 Å². The molecular weight excluding hydrogens is 273 g/mol. The first-order valence-electron chi connectivity index (χ1n) is 8.42. The number of carbonyl (C=O) groups excluding carboxylic acids is 1. The monoisotopic (exact) mass is 300 g/mol. The quantitative estimate of drug-likeness (QED) is 0.473. The number of unbranched alkanes of at least 4 members (excludes halogenated alkanes) is 2. The fourth-order valence-corrected chi connectivity index (χ4v) is 3.11. The molecule has 2 rings (SSSR count). The van der Waals surface area contributed by atoms with Gasteiger partial charge in [-0.15, -0.1) is 0 Å². The summed E-state index contributed by atoms with van der Waals surface area (Å²) in [5, 5.41) is 3.60. The van der Waals surface area contributed by atoms with E-state index in [9.17, 15) is 4.79 Å². The van der Waals surface area contributed by atoms with Crippen molar-refractivity contribution in [1.82, 2.24) is 5.32 Å². The summed E-state index contributed by atoms with van der Waals surface area (Å²) in [4.78, 5) is 12.5. The summed E-state index contributed by atoms with van der Waals surface area (Å²) in [7, 11) is 2.06. The normalized spacial score (nSPS) is 28.2. The Kier molecular flexibility index (Phi) is 6.07. The minimum absolute atomic E-state index is 0.0572. The molecule has 1 aromatic rings. The van der Waals surface area contributed by atoms with Gasteiger partial charge in [0.2, 0.25) is 0 Å². The maximum atomic E-state index is 12.5. The zero-order chi connectivity index (χ0) is 16.0. The molecule has 0 saturated carbocycles. The van der Waals surface area contributed by atoms with Crippen molar-refractivity contribution in [3.05, 3.63) is 35.9 Å². The van der Waals surface area contributed by atoms with Gasteiger partial charge in [-0.3, -0.25) is 10.1 Å². The van der Waals surface area contributed by atoms with Crippen LogP contribution in [0.15, 0.2) is 30.3 Å². The van der Waals surface area contributed by atoms with Gasteiger partial charge in [-0.05, 0) is 25.2 Å². The zero-order valence-electron chi connectivity index (χ0n) is 14.0. The smallest absolute Gasteiger partial charge is 0.326 e. The molecular formula is C18H27BNO2. The summed E-state index contributed by atoms with van der Waals surface area (Å²) in [6.07, 6.45) is 4.81. The first-order chi connectivity index (χ1) is 10.6.